The van der Waals surface area contributed by atoms with E-state index in [1.807, 2.05) is 18.2 Å². The summed E-state index contributed by atoms with van der Waals surface area (Å²) in [5, 5.41) is 5.10. The van der Waals surface area contributed by atoms with Crippen molar-refractivity contribution in [3.05, 3.63) is 34.4 Å². The summed E-state index contributed by atoms with van der Waals surface area (Å²) in [6.07, 6.45) is 0.528. The first-order chi connectivity index (χ1) is 8.16. The molecule has 1 aromatic heterocycles. The fraction of sp³-hybridized carbons (Fsp3) is 0.231. The van der Waals surface area contributed by atoms with Gasteiger partial charge in [0, 0.05) is 17.4 Å². The average molecular weight is 291 g/mol. The van der Waals surface area contributed by atoms with E-state index in [0.29, 0.717) is 12.2 Å². The second-order valence-electron chi connectivity index (χ2n) is 4.36. The van der Waals surface area contributed by atoms with Crippen molar-refractivity contribution in [2.45, 2.75) is 19.3 Å². The van der Waals surface area contributed by atoms with Crippen LogP contribution in [0.1, 0.15) is 24.8 Å². The lowest BCUT2D eigenvalue weighted by molar-refractivity contribution is -0.116. The Kier molecular flexibility index (Phi) is 2.40. The van der Waals surface area contributed by atoms with Crippen LogP contribution in [0.3, 0.4) is 0 Å². The first-order valence-corrected chi connectivity index (χ1v) is 6.34. The Morgan fingerprint density at radius 3 is 2.82 bits per heavy atom. The number of pyridine rings is 1. The molecule has 2 aromatic rings. The van der Waals surface area contributed by atoms with Crippen molar-refractivity contribution in [1.29, 1.82) is 0 Å². The summed E-state index contributed by atoms with van der Waals surface area (Å²) in [6, 6.07) is 8.12. The van der Waals surface area contributed by atoms with Crippen LogP contribution in [0.15, 0.2) is 28.9 Å². The Morgan fingerprint density at radius 2 is 2.06 bits per heavy atom. The standard InChI is InChI=1S/C13H11BrN2O/c1-7-6-10(17)15-13-11(7)8-4-2-3-5-9(8)12(14)16-13/h2-5,7H,6H2,1H3,(H,15,16,17). The largest absolute Gasteiger partial charge is 0.310 e. The predicted molar refractivity (Wildman–Crippen MR) is 71.1 cm³/mol. The highest BCUT2D eigenvalue weighted by molar-refractivity contribution is 9.10. The number of nitrogens with one attached hydrogen (secondary N) is 1. The third-order valence-electron chi connectivity index (χ3n) is 3.15. The Morgan fingerprint density at radius 1 is 1.35 bits per heavy atom. The summed E-state index contributed by atoms with van der Waals surface area (Å²) >= 11 is 3.45. The fourth-order valence-electron chi connectivity index (χ4n) is 2.40. The maximum atomic E-state index is 11.5. The number of hydrogen-bond acceptors (Lipinski definition) is 2. The van der Waals surface area contributed by atoms with Gasteiger partial charge < -0.3 is 5.32 Å². The van der Waals surface area contributed by atoms with Crippen LogP contribution in [0.2, 0.25) is 0 Å². The molecule has 0 bridgehead atoms. The zero-order valence-electron chi connectivity index (χ0n) is 9.33. The van der Waals surface area contributed by atoms with Gasteiger partial charge in [0.05, 0.1) is 0 Å². The Balaban J connectivity index is 2.38. The van der Waals surface area contributed by atoms with Crippen LogP contribution in [0.5, 0.6) is 0 Å². The normalized spacial score (nSPS) is 18.9. The molecule has 1 unspecified atom stereocenters. The van der Waals surface area contributed by atoms with E-state index in [-0.39, 0.29) is 11.8 Å². The third-order valence-corrected chi connectivity index (χ3v) is 3.75. The highest BCUT2D eigenvalue weighted by Crippen LogP contribution is 2.38. The molecule has 1 atom stereocenters. The van der Waals surface area contributed by atoms with Crippen molar-refractivity contribution < 1.29 is 4.79 Å². The summed E-state index contributed by atoms with van der Waals surface area (Å²) in [5.74, 6) is 0.947. The Bertz CT molecular complexity index is 624. The van der Waals surface area contributed by atoms with Gasteiger partial charge in [0.1, 0.15) is 10.4 Å². The van der Waals surface area contributed by atoms with Crippen LogP contribution >= 0.6 is 15.9 Å². The minimum atomic E-state index is 0.0414. The van der Waals surface area contributed by atoms with Gasteiger partial charge in [-0.05, 0) is 27.2 Å². The van der Waals surface area contributed by atoms with Crippen molar-refractivity contribution in [2.24, 2.45) is 0 Å². The molecule has 0 spiro atoms. The minimum absolute atomic E-state index is 0.0414. The molecule has 1 N–H and O–H groups in total. The van der Waals surface area contributed by atoms with E-state index in [0.717, 1.165) is 20.9 Å². The van der Waals surface area contributed by atoms with Gasteiger partial charge >= 0.3 is 0 Å². The molecule has 1 amide bonds. The fourth-order valence-corrected chi connectivity index (χ4v) is 2.92. The zero-order chi connectivity index (χ0) is 12.0. The molecular formula is C13H11BrN2O. The smallest absolute Gasteiger partial charge is 0.226 e. The number of hydrogen-bond donors (Lipinski definition) is 1. The molecule has 86 valence electrons. The number of carbonyl (C=O) groups excluding carboxylic acids is 1. The van der Waals surface area contributed by atoms with E-state index in [4.69, 9.17) is 0 Å². The highest BCUT2D eigenvalue weighted by atomic mass is 79.9. The summed E-state index contributed by atoms with van der Waals surface area (Å²) in [4.78, 5) is 15.9. The van der Waals surface area contributed by atoms with Gasteiger partial charge in [-0.2, -0.15) is 0 Å². The van der Waals surface area contributed by atoms with Gasteiger partial charge in [0.15, 0.2) is 0 Å². The molecule has 1 aromatic carbocycles. The molecular weight excluding hydrogens is 280 g/mol. The van der Waals surface area contributed by atoms with E-state index in [1.54, 1.807) is 0 Å². The summed E-state index contributed by atoms with van der Waals surface area (Å²) in [5.41, 5.74) is 1.14. The van der Waals surface area contributed by atoms with Gasteiger partial charge in [-0.3, -0.25) is 4.79 Å². The molecule has 4 heteroatoms. The van der Waals surface area contributed by atoms with E-state index in [2.05, 4.69) is 39.2 Å². The highest BCUT2D eigenvalue weighted by Gasteiger charge is 2.25. The van der Waals surface area contributed by atoms with Crippen LogP contribution in [0.4, 0.5) is 5.82 Å². The molecule has 3 nitrogen and oxygen atoms in total. The Hall–Kier alpha value is -1.42. The van der Waals surface area contributed by atoms with E-state index < -0.39 is 0 Å². The number of halogens is 1. The van der Waals surface area contributed by atoms with Crippen molar-refractivity contribution in [3.8, 4) is 0 Å². The van der Waals surface area contributed by atoms with E-state index >= 15 is 0 Å². The molecule has 0 saturated heterocycles. The van der Waals surface area contributed by atoms with Crippen molar-refractivity contribution >= 4 is 38.4 Å². The summed E-state index contributed by atoms with van der Waals surface area (Å²) < 4.78 is 0.779. The third kappa shape index (κ3) is 1.63. The Labute approximate surface area is 107 Å². The SMILES string of the molecule is CC1CC(=O)Nc2nc(Br)c3ccccc3c21. The topological polar surface area (TPSA) is 42.0 Å². The summed E-state index contributed by atoms with van der Waals surface area (Å²) in [6.45, 7) is 2.07. The maximum absolute atomic E-state index is 11.5. The second kappa shape index (κ2) is 3.81. The van der Waals surface area contributed by atoms with Gasteiger partial charge in [-0.25, -0.2) is 4.98 Å². The average Bonchev–Trinajstić information content (AvgIpc) is 2.28. The molecule has 3 rings (SSSR count). The molecule has 0 radical (unpaired) electrons. The first kappa shape index (κ1) is 10.7. The van der Waals surface area contributed by atoms with Crippen LogP contribution < -0.4 is 5.32 Å². The van der Waals surface area contributed by atoms with Crippen LogP contribution in [0, 0.1) is 0 Å². The molecule has 17 heavy (non-hydrogen) atoms. The maximum Gasteiger partial charge on any atom is 0.226 e. The van der Waals surface area contributed by atoms with Crippen molar-refractivity contribution in [1.82, 2.24) is 4.98 Å². The minimum Gasteiger partial charge on any atom is -0.310 e. The quantitative estimate of drug-likeness (QED) is 0.755. The summed E-state index contributed by atoms with van der Waals surface area (Å²) in [7, 11) is 0. The van der Waals surface area contributed by atoms with Crippen molar-refractivity contribution in [3.63, 3.8) is 0 Å². The molecule has 1 aliphatic rings. The van der Waals surface area contributed by atoms with Crippen molar-refractivity contribution in [2.75, 3.05) is 5.32 Å². The molecule has 1 aliphatic heterocycles. The lowest BCUT2D eigenvalue weighted by atomic mass is 9.90. The molecule has 0 aliphatic carbocycles. The molecule has 0 fully saturated rings. The van der Waals surface area contributed by atoms with E-state index in [1.165, 1.54) is 0 Å². The first-order valence-electron chi connectivity index (χ1n) is 5.55. The van der Waals surface area contributed by atoms with Crippen LogP contribution in [-0.4, -0.2) is 10.9 Å². The van der Waals surface area contributed by atoms with Gasteiger partial charge in [0.2, 0.25) is 5.91 Å². The number of nitrogens with zero attached hydrogens (tertiary/aromatic N) is 1. The van der Waals surface area contributed by atoms with Gasteiger partial charge in [-0.15, -0.1) is 0 Å². The predicted octanol–water partition coefficient (Wildman–Crippen LogP) is 3.44. The van der Waals surface area contributed by atoms with Crippen LogP contribution in [-0.2, 0) is 4.79 Å². The molecule has 2 heterocycles. The van der Waals surface area contributed by atoms with Gasteiger partial charge in [0.25, 0.3) is 0 Å². The number of amides is 1. The number of carbonyl (C=O) groups is 1. The van der Waals surface area contributed by atoms with Gasteiger partial charge in [-0.1, -0.05) is 31.2 Å². The lowest BCUT2D eigenvalue weighted by Crippen LogP contribution is -2.23. The zero-order valence-corrected chi connectivity index (χ0v) is 10.9. The number of fused-ring (bicyclic) bond motifs is 3. The number of aromatic nitrogens is 1. The lowest BCUT2D eigenvalue weighted by Gasteiger charge is -2.23. The molecule has 0 saturated carbocycles. The number of benzene rings is 1. The van der Waals surface area contributed by atoms with Crippen LogP contribution in [0.25, 0.3) is 10.8 Å². The second-order valence-corrected chi connectivity index (χ2v) is 5.11. The van der Waals surface area contributed by atoms with E-state index in [9.17, 15) is 4.79 Å². The number of anilines is 1. The monoisotopic (exact) mass is 290 g/mol. The number of rotatable bonds is 0.